The van der Waals surface area contributed by atoms with E-state index >= 15 is 0 Å². The summed E-state index contributed by atoms with van der Waals surface area (Å²) >= 11 is 9.65. The quantitative estimate of drug-likeness (QED) is 0.159. The first-order valence-electron chi connectivity index (χ1n) is 18.5. The molecule has 3 N–H and O–H groups in total. The van der Waals surface area contributed by atoms with Gasteiger partial charge in [0.25, 0.3) is 0 Å². The van der Waals surface area contributed by atoms with Gasteiger partial charge in [-0.3, -0.25) is 24.1 Å². The molecule has 4 aromatic carbocycles. The molecule has 0 bridgehead atoms. The summed E-state index contributed by atoms with van der Waals surface area (Å²) in [5.41, 5.74) is 6.10. The molecule has 2 aliphatic carbocycles. The number of thioether (sulfide) groups is 2. The number of carbonyl (C=O) groups is 4. The molecular formula is C42H39ClN6O5S2. The van der Waals surface area contributed by atoms with E-state index < -0.39 is 0 Å². The SMILES string of the molecule is C1CCOC1.C1CSCN1.O=C1c2ccccc2C(=O)c2c1ccc1[nH]c(CCl)nc21.O=C1c2ccccc2C(=O)c2c1ccc1[nH]c(CN3CCSC3)nc21. The summed E-state index contributed by atoms with van der Waals surface area (Å²) in [6.45, 7) is 4.99. The van der Waals surface area contributed by atoms with Crippen molar-refractivity contribution in [2.24, 2.45) is 0 Å². The number of nitrogens with one attached hydrogen (secondary N) is 3. The normalized spacial score (nSPS) is 16.9. The average Bonchev–Trinajstić information content (AvgIpc) is 4.10. The zero-order valence-corrected chi connectivity index (χ0v) is 32.9. The van der Waals surface area contributed by atoms with Crippen LogP contribution in [0.2, 0.25) is 0 Å². The predicted molar refractivity (Wildman–Crippen MR) is 221 cm³/mol. The van der Waals surface area contributed by atoms with E-state index in [1.54, 1.807) is 66.7 Å². The Morgan fingerprint density at radius 2 is 1.18 bits per heavy atom. The van der Waals surface area contributed by atoms with Gasteiger partial charge < -0.3 is 20.0 Å². The number of H-pyrrole nitrogens is 2. The van der Waals surface area contributed by atoms with E-state index in [2.05, 4.69) is 30.2 Å². The van der Waals surface area contributed by atoms with E-state index in [1.165, 1.54) is 31.0 Å². The number of alkyl halides is 1. The number of aromatic nitrogens is 4. The monoisotopic (exact) mass is 806 g/mol. The van der Waals surface area contributed by atoms with Crippen LogP contribution in [0, 0.1) is 0 Å². The van der Waals surface area contributed by atoms with Crippen LogP contribution in [0.4, 0.5) is 0 Å². The van der Waals surface area contributed by atoms with E-state index in [0.29, 0.717) is 66.9 Å². The molecule has 56 heavy (non-hydrogen) atoms. The van der Waals surface area contributed by atoms with Crippen molar-refractivity contribution >= 4 is 80.3 Å². The van der Waals surface area contributed by atoms with Crippen LogP contribution in [0.15, 0.2) is 72.8 Å². The summed E-state index contributed by atoms with van der Waals surface area (Å²) in [5.74, 6) is 5.72. The molecule has 0 saturated carbocycles. The molecule has 11 nitrogen and oxygen atoms in total. The van der Waals surface area contributed by atoms with Crippen molar-refractivity contribution in [1.82, 2.24) is 30.2 Å². The Bertz CT molecular complexity index is 2440. The Hall–Kier alpha value is -4.63. The van der Waals surface area contributed by atoms with Crippen LogP contribution in [0.25, 0.3) is 22.1 Å². The molecule has 0 radical (unpaired) electrons. The Kier molecular flexibility index (Phi) is 11.8. The van der Waals surface area contributed by atoms with Gasteiger partial charge in [-0.05, 0) is 37.1 Å². The molecule has 14 heteroatoms. The highest BCUT2D eigenvalue weighted by atomic mass is 35.5. The molecule has 0 spiro atoms. The number of rotatable bonds is 3. The first-order chi connectivity index (χ1) is 27.4. The van der Waals surface area contributed by atoms with Gasteiger partial charge in [0.15, 0.2) is 23.1 Å². The summed E-state index contributed by atoms with van der Waals surface area (Å²) in [6.07, 6.45) is 2.56. The van der Waals surface area contributed by atoms with Crippen LogP contribution in [0.1, 0.15) is 88.2 Å². The molecule has 3 aliphatic heterocycles. The molecule has 0 atom stereocenters. The van der Waals surface area contributed by atoms with Crippen LogP contribution >= 0.6 is 35.1 Å². The fourth-order valence-corrected chi connectivity index (χ4v) is 9.05. The third-order valence-corrected chi connectivity index (χ3v) is 12.1. The molecule has 5 heterocycles. The number of fused-ring (bicyclic) bond motifs is 8. The molecule has 2 aromatic heterocycles. The average molecular weight is 807 g/mol. The number of imidazole rings is 2. The molecule has 6 aromatic rings. The first-order valence-corrected chi connectivity index (χ1v) is 21.4. The summed E-state index contributed by atoms with van der Waals surface area (Å²) in [7, 11) is 0. The van der Waals surface area contributed by atoms with Gasteiger partial charge in [-0.2, -0.15) is 0 Å². The number of hydrogen-bond acceptors (Lipinski definition) is 11. The minimum atomic E-state index is -0.168. The maximum Gasteiger partial charge on any atom is 0.196 e. The minimum Gasteiger partial charge on any atom is -0.381 e. The predicted octanol–water partition coefficient (Wildman–Crippen LogP) is 7.00. The highest BCUT2D eigenvalue weighted by molar-refractivity contribution is 7.99. The summed E-state index contributed by atoms with van der Waals surface area (Å²) in [6, 6.07) is 20.9. The van der Waals surface area contributed by atoms with E-state index in [9.17, 15) is 19.2 Å². The molecule has 0 unspecified atom stereocenters. The van der Waals surface area contributed by atoms with Gasteiger partial charge in [-0.25, -0.2) is 9.97 Å². The standard InChI is InChI=1S/C19H15N3O2S.C16H9ClN2O2.C4H8O.C3H7NS/c23-18-11-3-1-2-4-12(11)19(24)16-13(18)5-6-14-17(16)21-15(20-14)9-22-7-8-25-10-22;17-7-12-18-11-6-5-10-13(14(11)19-12)16(21)9-4-2-1-3-8(9)15(10)20;1-2-4-5-3-1;1-2-5-3-4-1/h1-6H,7-10H2,(H,20,21);1-6H,7H2,(H,18,19);1-4H2;4H,1-3H2. The van der Waals surface area contributed by atoms with Gasteiger partial charge in [0.1, 0.15) is 22.7 Å². The number of hydrogen-bond donors (Lipinski definition) is 3. The lowest BCUT2D eigenvalue weighted by atomic mass is 9.83. The molecule has 286 valence electrons. The van der Waals surface area contributed by atoms with E-state index in [4.69, 9.17) is 16.3 Å². The highest BCUT2D eigenvalue weighted by Gasteiger charge is 2.33. The van der Waals surface area contributed by atoms with Crippen molar-refractivity contribution in [2.75, 3.05) is 49.6 Å². The number of benzene rings is 4. The van der Waals surface area contributed by atoms with Crippen molar-refractivity contribution < 1.29 is 23.9 Å². The van der Waals surface area contributed by atoms with Crippen molar-refractivity contribution in [3.05, 3.63) is 129 Å². The van der Waals surface area contributed by atoms with E-state index in [-0.39, 0.29) is 29.0 Å². The van der Waals surface area contributed by atoms with Gasteiger partial charge in [0.2, 0.25) is 0 Å². The van der Waals surface area contributed by atoms with Crippen molar-refractivity contribution in [2.45, 2.75) is 25.3 Å². The maximum absolute atomic E-state index is 13.0. The number of ether oxygens (including phenoxy) is 1. The first kappa shape index (κ1) is 38.3. The van der Waals surface area contributed by atoms with Crippen molar-refractivity contribution in [1.29, 1.82) is 0 Å². The third-order valence-electron chi connectivity index (χ3n) is 9.96. The lowest BCUT2D eigenvalue weighted by Gasteiger charge is -2.17. The lowest BCUT2D eigenvalue weighted by molar-refractivity contribution is 0.0980. The van der Waals surface area contributed by atoms with Gasteiger partial charge >= 0.3 is 0 Å². The Morgan fingerprint density at radius 3 is 1.61 bits per heavy atom. The van der Waals surface area contributed by atoms with Crippen molar-refractivity contribution in [3.63, 3.8) is 0 Å². The fourth-order valence-electron chi connectivity index (χ4n) is 7.21. The number of aromatic amines is 2. The molecule has 3 saturated heterocycles. The van der Waals surface area contributed by atoms with Crippen LogP contribution < -0.4 is 5.32 Å². The third kappa shape index (κ3) is 7.71. The Labute approximate surface area is 336 Å². The van der Waals surface area contributed by atoms with Crippen LogP contribution in [0.3, 0.4) is 0 Å². The largest absolute Gasteiger partial charge is 0.381 e. The van der Waals surface area contributed by atoms with Gasteiger partial charge in [0.05, 0.1) is 34.6 Å². The van der Waals surface area contributed by atoms with Crippen molar-refractivity contribution in [3.8, 4) is 0 Å². The van der Waals surface area contributed by atoms with Crippen LogP contribution in [-0.2, 0) is 17.2 Å². The van der Waals surface area contributed by atoms with Crippen LogP contribution in [-0.4, -0.2) is 97.5 Å². The zero-order valence-electron chi connectivity index (χ0n) is 30.5. The smallest absolute Gasteiger partial charge is 0.196 e. The number of halogens is 1. The number of ketones is 4. The summed E-state index contributed by atoms with van der Waals surface area (Å²) in [5, 5.41) is 3.19. The molecule has 3 fully saturated rings. The van der Waals surface area contributed by atoms with E-state index in [0.717, 1.165) is 49.3 Å². The summed E-state index contributed by atoms with van der Waals surface area (Å²) in [4.78, 5) is 68.7. The van der Waals surface area contributed by atoms with Crippen LogP contribution in [0.5, 0.6) is 0 Å². The topological polar surface area (TPSA) is 150 Å². The van der Waals surface area contributed by atoms with E-state index in [1.807, 2.05) is 29.6 Å². The highest BCUT2D eigenvalue weighted by Crippen LogP contribution is 2.33. The number of carbonyl (C=O) groups excluding carboxylic acids is 4. The second-order valence-electron chi connectivity index (χ2n) is 13.6. The molecular weight excluding hydrogens is 768 g/mol. The zero-order chi connectivity index (χ0) is 38.6. The summed E-state index contributed by atoms with van der Waals surface area (Å²) < 4.78 is 4.94. The molecule has 11 rings (SSSR count). The Balaban J connectivity index is 0.000000127. The minimum absolute atomic E-state index is 0.104. The second kappa shape index (κ2) is 17.2. The van der Waals surface area contributed by atoms with Gasteiger partial charge in [-0.1, -0.05) is 48.5 Å². The number of nitrogens with zero attached hydrogens (tertiary/aromatic N) is 3. The fraction of sp³-hybridized carbons (Fsp3) is 0.286. The molecule has 5 aliphatic rings. The van der Waals surface area contributed by atoms with Gasteiger partial charge in [0, 0.05) is 82.9 Å². The van der Waals surface area contributed by atoms with Gasteiger partial charge in [-0.15, -0.1) is 35.1 Å². The lowest BCUT2D eigenvalue weighted by Crippen LogP contribution is -2.21. The second-order valence-corrected chi connectivity index (χ2v) is 16.1. The molecule has 0 amide bonds. The Morgan fingerprint density at radius 1 is 0.643 bits per heavy atom. The maximum atomic E-state index is 13.0.